The average molecular weight is 515 g/mol. The lowest BCUT2D eigenvalue weighted by Crippen LogP contribution is -2.17. The van der Waals surface area contributed by atoms with Crippen molar-refractivity contribution in [2.24, 2.45) is 29.6 Å². The quantitative estimate of drug-likeness (QED) is 0.298. The van der Waals surface area contributed by atoms with Gasteiger partial charge in [0.25, 0.3) is 0 Å². The van der Waals surface area contributed by atoms with Crippen molar-refractivity contribution >= 4 is 0 Å². The van der Waals surface area contributed by atoms with Gasteiger partial charge in [0.1, 0.15) is 5.75 Å². The molecule has 1 aromatic carbocycles. The normalized spacial score (nSPS) is 31.5. The molecule has 3 aliphatic rings. The van der Waals surface area contributed by atoms with Crippen LogP contribution in [0.15, 0.2) is 61.2 Å². The molecule has 3 fully saturated rings. The van der Waals surface area contributed by atoms with Crippen LogP contribution in [-0.2, 0) is 0 Å². The van der Waals surface area contributed by atoms with Crippen LogP contribution in [-0.4, -0.2) is 6.36 Å². The van der Waals surface area contributed by atoms with Crippen LogP contribution in [0.3, 0.4) is 0 Å². The Kier molecular flexibility index (Phi) is 10.4. The highest BCUT2D eigenvalue weighted by atomic mass is 19.4. The molecule has 3 aliphatic carbocycles. The largest absolute Gasteiger partial charge is 0.573 e. The fourth-order valence-electron chi connectivity index (χ4n) is 6.77. The summed E-state index contributed by atoms with van der Waals surface area (Å²) in [5.74, 6) is 4.17. The molecule has 0 unspecified atom stereocenters. The average Bonchev–Trinajstić information content (AvgIpc) is 2.91. The Morgan fingerprint density at radius 1 is 0.676 bits per heavy atom. The van der Waals surface area contributed by atoms with E-state index in [0.29, 0.717) is 11.8 Å². The van der Waals surface area contributed by atoms with Gasteiger partial charge < -0.3 is 4.74 Å². The molecule has 0 aromatic heterocycles. The number of ether oxygens (including phenoxy) is 1. The summed E-state index contributed by atoms with van der Waals surface area (Å²) in [5.41, 5.74) is 1.13. The minimum absolute atomic E-state index is 0.139. The zero-order valence-corrected chi connectivity index (χ0v) is 22.3. The molecule has 0 bridgehead atoms. The lowest BCUT2D eigenvalue weighted by Gasteiger charge is -2.29. The molecule has 3 saturated carbocycles. The minimum atomic E-state index is -4.63. The van der Waals surface area contributed by atoms with Crippen LogP contribution in [0, 0.1) is 29.6 Å². The van der Waals surface area contributed by atoms with Crippen LogP contribution in [0.2, 0.25) is 0 Å². The van der Waals surface area contributed by atoms with Gasteiger partial charge in [-0.3, -0.25) is 0 Å². The van der Waals surface area contributed by atoms with Gasteiger partial charge >= 0.3 is 6.36 Å². The minimum Gasteiger partial charge on any atom is -0.406 e. The van der Waals surface area contributed by atoms with Crippen molar-refractivity contribution in [3.8, 4) is 5.75 Å². The first kappa shape index (κ1) is 28.0. The van der Waals surface area contributed by atoms with Crippen molar-refractivity contribution in [1.29, 1.82) is 0 Å². The van der Waals surface area contributed by atoms with Crippen molar-refractivity contribution in [1.82, 2.24) is 0 Å². The Labute approximate surface area is 222 Å². The molecular weight excluding hydrogens is 469 g/mol. The third-order valence-electron chi connectivity index (χ3n) is 9.15. The predicted octanol–water partition coefficient (Wildman–Crippen LogP) is 10.6. The van der Waals surface area contributed by atoms with Crippen LogP contribution >= 0.6 is 0 Å². The molecule has 0 heterocycles. The van der Waals surface area contributed by atoms with E-state index >= 15 is 0 Å². The Balaban J connectivity index is 1.12. The summed E-state index contributed by atoms with van der Waals surface area (Å²) in [6.07, 6.45) is 25.3. The second kappa shape index (κ2) is 13.7. The summed E-state index contributed by atoms with van der Waals surface area (Å²) in [6, 6.07) is 6.47. The lowest BCUT2D eigenvalue weighted by atomic mass is 9.76. The Hall–Kier alpha value is -1.97. The third-order valence-corrected chi connectivity index (χ3v) is 9.15. The first-order chi connectivity index (χ1) is 17.9. The molecule has 1 nitrogen and oxygen atoms in total. The first-order valence-electron chi connectivity index (χ1n) is 14.7. The van der Waals surface area contributed by atoms with Gasteiger partial charge in [0, 0.05) is 0 Å². The number of halogens is 3. The van der Waals surface area contributed by atoms with Gasteiger partial charge in [0.2, 0.25) is 0 Å². The van der Waals surface area contributed by atoms with Crippen LogP contribution in [0.5, 0.6) is 5.75 Å². The number of hydrogen-bond acceptors (Lipinski definition) is 1. The molecule has 0 aliphatic heterocycles. The van der Waals surface area contributed by atoms with Crippen LogP contribution < -0.4 is 4.74 Å². The Morgan fingerprint density at radius 2 is 1.11 bits per heavy atom. The summed E-state index contributed by atoms with van der Waals surface area (Å²) in [7, 11) is 0. The lowest BCUT2D eigenvalue weighted by molar-refractivity contribution is -0.274. The van der Waals surface area contributed by atoms with Gasteiger partial charge in [0.15, 0.2) is 0 Å². The molecule has 0 amide bonds. The standard InChI is InChI=1S/C33H45F3O/c1-2-3-4-25-5-7-26(8-6-25)9-10-27-11-13-28(14-12-27)15-16-29-17-19-30(20-18-29)31-21-23-32(24-22-31)37-33(34,35)36/h2,9-10,15-16,21-30H,1,3-8,11-14,17-20H2/b10-9+,16-15+. The van der Waals surface area contributed by atoms with E-state index < -0.39 is 6.36 Å². The highest BCUT2D eigenvalue weighted by molar-refractivity contribution is 5.30. The maximum absolute atomic E-state index is 12.4. The molecule has 1 aromatic rings. The number of alkyl halides is 3. The topological polar surface area (TPSA) is 9.23 Å². The van der Waals surface area contributed by atoms with E-state index in [-0.39, 0.29) is 5.75 Å². The molecule has 4 rings (SSSR count). The van der Waals surface area contributed by atoms with E-state index in [1.54, 1.807) is 12.1 Å². The molecule has 204 valence electrons. The third kappa shape index (κ3) is 9.37. The fraction of sp³-hybridized carbons (Fsp3) is 0.636. The van der Waals surface area contributed by atoms with Crippen LogP contribution in [0.25, 0.3) is 0 Å². The van der Waals surface area contributed by atoms with Crippen molar-refractivity contribution < 1.29 is 17.9 Å². The van der Waals surface area contributed by atoms with Crippen molar-refractivity contribution in [3.63, 3.8) is 0 Å². The second-order valence-electron chi connectivity index (χ2n) is 11.8. The zero-order chi connectivity index (χ0) is 26.1. The summed E-state index contributed by atoms with van der Waals surface area (Å²) in [5, 5.41) is 0. The first-order valence-corrected chi connectivity index (χ1v) is 14.7. The molecule has 0 spiro atoms. The molecule has 4 heteroatoms. The van der Waals surface area contributed by atoms with Gasteiger partial charge in [-0.15, -0.1) is 19.8 Å². The van der Waals surface area contributed by atoms with Crippen LogP contribution in [0.4, 0.5) is 13.2 Å². The smallest absolute Gasteiger partial charge is 0.406 e. The molecule has 37 heavy (non-hydrogen) atoms. The highest BCUT2D eigenvalue weighted by Crippen LogP contribution is 2.39. The predicted molar refractivity (Wildman–Crippen MR) is 146 cm³/mol. The van der Waals surface area contributed by atoms with E-state index in [9.17, 15) is 13.2 Å². The number of allylic oxidation sites excluding steroid dienone is 5. The fourth-order valence-corrected chi connectivity index (χ4v) is 6.77. The number of rotatable bonds is 9. The van der Waals surface area contributed by atoms with Gasteiger partial charge in [0.05, 0.1) is 0 Å². The molecule has 0 radical (unpaired) electrons. The Morgan fingerprint density at radius 3 is 1.54 bits per heavy atom. The van der Waals surface area contributed by atoms with Gasteiger partial charge in [-0.05, 0) is 143 Å². The summed E-state index contributed by atoms with van der Waals surface area (Å²) in [6.45, 7) is 3.86. The van der Waals surface area contributed by atoms with Crippen LogP contribution in [0.1, 0.15) is 101 Å². The van der Waals surface area contributed by atoms with E-state index in [4.69, 9.17) is 0 Å². The molecule has 0 N–H and O–H groups in total. The monoisotopic (exact) mass is 514 g/mol. The summed E-state index contributed by atoms with van der Waals surface area (Å²) in [4.78, 5) is 0. The van der Waals surface area contributed by atoms with Crippen molar-refractivity contribution in [2.75, 3.05) is 0 Å². The van der Waals surface area contributed by atoms with Gasteiger partial charge in [-0.1, -0.05) is 42.5 Å². The number of benzene rings is 1. The van der Waals surface area contributed by atoms with E-state index in [2.05, 4.69) is 41.7 Å². The molecular formula is C33H45F3O. The highest BCUT2D eigenvalue weighted by Gasteiger charge is 2.31. The number of hydrogen-bond donors (Lipinski definition) is 0. The maximum Gasteiger partial charge on any atom is 0.573 e. The molecule has 0 saturated heterocycles. The summed E-state index contributed by atoms with van der Waals surface area (Å²) < 4.78 is 41.1. The van der Waals surface area contributed by atoms with E-state index in [1.807, 2.05) is 0 Å². The van der Waals surface area contributed by atoms with Gasteiger partial charge in [-0.2, -0.15) is 0 Å². The summed E-state index contributed by atoms with van der Waals surface area (Å²) >= 11 is 0. The SMILES string of the molecule is C=CCCC1CCC(/C=C/C2CCC(/C=C/C3CCC(c4ccc(OC(F)(F)F)cc4)CC3)CC2)CC1. The second-order valence-corrected chi connectivity index (χ2v) is 11.8. The van der Waals surface area contributed by atoms with Gasteiger partial charge in [-0.25, -0.2) is 0 Å². The Bertz CT molecular complexity index is 860. The van der Waals surface area contributed by atoms with Crippen molar-refractivity contribution in [2.45, 2.75) is 102 Å². The maximum atomic E-state index is 12.4. The molecule has 0 atom stereocenters. The van der Waals surface area contributed by atoms with Crippen molar-refractivity contribution in [3.05, 3.63) is 66.8 Å². The zero-order valence-electron chi connectivity index (χ0n) is 22.3. The van der Waals surface area contributed by atoms with E-state index in [0.717, 1.165) is 54.9 Å². The van der Waals surface area contributed by atoms with E-state index in [1.165, 1.54) is 76.3 Å².